The van der Waals surface area contributed by atoms with Gasteiger partial charge in [0.2, 0.25) is 5.91 Å². The molecule has 3 aromatic carbocycles. The molecular formula is C27H24F2N4O2S. The maximum atomic E-state index is 13.4. The molecule has 0 unspecified atom stereocenters. The molecule has 9 heteroatoms. The molecule has 2 N–H and O–H groups in total. The van der Waals surface area contributed by atoms with Crippen molar-refractivity contribution in [3.63, 3.8) is 0 Å². The third-order valence-corrected chi connectivity index (χ3v) is 7.20. The van der Waals surface area contributed by atoms with Gasteiger partial charge in [0.1, 0.15) is 0 Å². The van der Waals surface area contributed by atoms with Gasteiger partial charge in [0, 0.05) is 23.7 Å². The van der Waals surface area contributed by atoms with Gasteiger partial charge in [0.05, 0.1) is 10.2 Å². The number of benzene rings is 3. The Hall–Kier alpha value is -3.69. The summed E-state index contributed by atoms with van der Waals surface area (Å²) in [6.45, 7) is 2.65. The molecule has 0 aliphatic carbocycles. The minimum absolute atomic E-state index is 0.00377. The molecule has 0 spiro atoms. The molecule has 1 saturated heterocycles. The van der Waals surface area contributed by atoms with E-state index in [1.807, 2.05) is 24.3 Å². The average molecular weight is 507 g/mol. The first-order chi connectivity index (χ1) is 17.4. The van der Waals surface area contributed by atoms with Crippen LogP contribution in [0.3, 0.4) is 0 Å². The summed E-state index contributed by atoms with van der Waals surface area (Å²) in [6, 6.07) is 18.7. The van der Waals surface area contributed by atoms with Crippen LogP contribution in [0, 0.1) is 17.6 Å². The zero-order valence-electron chi connectivity index (χ0n) is 19.3. The van der Waals surface area contributed by atoms with E-state index in [4.69, 9.17) is 0 Å². The summed E-state index contributed by atoms with van der Waals surface area (Å²) < 4.78 is 27.3. The van der Waals surface area contributed by atoms with Crippen molar-refractivity contribution in [1.82, 2.24) is 9.88 Å². The second-order valence-electron chi connectivity index (χ2n) is 8.81. The van der Waals surface area contributed by atoms with Crippen molar-refractivity contribution in [3.8, 4) is 0 Å². The number of piperidine rings is 1. The van der Waals surface area contributed by atoms with Crippen LogP contribution in [0.1, 0.15) is 28.8 Å². The monoisotopic (exact) mass is 506 g/mol. The highest BCUT2D eigenvalue weighted by molar-refractivity contribution is 7.22. The van der Waals surface area contributed by atoms with Crippen molar-refractivity contribution in [1.29, 1.82) is 0 Å². The molecule has 1 aliphatic rings. The molecule has 2 amide bonds. The number of carbonyl (C=O) groups excluding carboxylic acids is 2. The van der Waals surface area contributed by atoms with Crippen LogP contribution in [0.4, 0.5) is 19.6 Å². The lowest BCUT2D eigenvalue weighted by Crippen LogP contribution is -2.37. The van der Waals surface area contributed by atoms with Crippen molar-refractivity contribution in [2.24, 2.45) is 5.92 Å². The SMILES string of the molecule is O=C(Nc1nc2ccc(NC(=O)C3CCN(Cc4ccccc4)CC3)cc2s1)c1ccc(F)c(F)c1. The third-order valence-electron chi connectivity index (χ3n) is 6.27. The first-order valence-electron chi connectivity index (χ1n) is 11.7. The Bertz CT molecular complexity index is 1400. The molecule has 4 aromatic rings. The van der Waals surface area contributed by atoms with Crippen LogP contribution >= 0.6 is 11.3 Å². The zero-order chi connectivity index (χ0) is 25.1. The number of carbonyl (C=O) groups is 2. The van der Waals surface area contributed by atoms with Crippen molar-refractivity contribution in [2.75, 3.05) is 23.7 Å². The molecule has 36 heavy (non-hydrogen) atoms. The van der Waals surface area contributed by atoms with E-state index in [-0.39, 0.29) is 17.4 Å². The molecule has 0 radical (unpaired) electrons. The van der Waals surface area contributed by atoms with E-state index >= 15 is 0 Å². The summed E-state index contributed by atoms with van der Waals surface area (Å²) in [5.74, 6) is -2.72. The van der Waals surface area contributed by atoms with E-state index in [0.29, 0.717) is 16.3 Å². The highest BCUT2D eigenvalue weighted by Crippen LogP contribution is 2.29. The van der Waals surface area contributed by atoms with Crippen molar-refractivity contribution in [3.05, 3.63) is 89.5 Å². The molecule has 0 saturated carbocycles. The quantitative estimate of drug-likeness (QED) is 0.353. The number of likely N-dealkylation sites (tertiary alicyclic amines) is 1. The standard InChI is InChI=1S/C27H24F2N4O2S/c28-21-8-6-19(14-22(21)29)26(35)32-27-31-23-9-7-20(15-24(23)36-27)30-25(34)18-10-12-33(13-11-18)16-17-4-2-1-3-5-17/h1-9,14-15,18H,10-13,16H2,(H,30,34)(H,31,32,35). The van der Waals surface area contributed by atoms with E-state index in [0.717, 1.165) is 49.3 Å². The molecule has 6 nitrogen and oxygen atoms in total. The number of anilines is 2. The van der Waals surface area contributed by atoms with Crippen LogP contribution in [-0.2, 0) is 11.3 Å². The summed E-state index contributed by atoms with van der Waals surface area (Å²) in [5, 5.41) is 5.96. The van der Waals surface area contributed by atoms with Gasteiger partial charge in [-0.2, -0.15) is 0 Å². The number of halogens is 2. The molecular weight excluding hydrogens is 482 g/mol. The number of hydrogen-bond acceptors (Lipinski definition) is 5. The van der Waals surface area contributed by atoms with Gasteiger partial charge in [-0.05, 0) is 67.9 Å². The second-order valence-corrected chi connectivity index (χ2v) is 9.84. The van der Waals surface area contributed by atoms with Gasteiger partial charge in [-0.25, -0.2) is 13.8 Å². The van der Waals surface area contributed by atoms with E-state index < -0.39 is 17.5 Å². The van der Waals surface area contributed by atoms with Crippen LogP contribution < -0.4 is 10.6 Å². The number of rotatable bonds is 6. The third kappa shape index (κ3) is 5.58. The molecule has 1 aliphatic heterocycles. The number of hydrogen-bond donors (Lipinski definition) is 2. The van der Waals surface area contributed by atoms with Crippen LogP contribution in [0.2, 0.25) is 0 Å². The van der Waals surface area contributed by atoms with E-state index in [2.05, 4.69) is 32.7 Å². The summed E-state index contributed by atoms with van der Waals surface area (Å²) in [6.07, 6.45) is 1.61. The maximum Gasteiger partial charge on any atom is 0.257 e. The number of amides is 2. The van der Waals surface area contributed by atoms with Crippen LogP contribution in [-0.4, -0.2) is 34.8 Å². The van der Waals surface area contributed by atoms with Gasteiger partial charge >= 0.3 is 0 Å². The number of fused-ring (bicyclic) bond motifs is 1. The van der Waals surface area contributed by atoms with E-state index in [9.17, 15) is 18.4 Å². The predicted molar refractivity (Wildman–Crippen MR) is 137 cm³/mol. The first kappa shape index (κ1) is 24.0. The maximum absolute atomic E-state index is 13.4. The number of nitrogens with one attached hydrogen (secondary N) is 2. The lowest BCUT2D eigenvalue weighted by molar-refractivity contribution is -0.121. The Kier molecular flexibility index (Phi) is 7.02. The predicted octanol–water partition coefficient (Wildman–Crippen LogP) is 5.68. The Morgan fingerprint density at radius 2 is 1.72 bits per heavy atom. The Labute approximate surface area is 211 Å². The van der Waals surface area contributed by atoms with Gasteiger partial charge in [-0.15, -0.1) is 0 Å². The summed E-state index contributed by atoms with van der Waals surface area (Å²) in [4.78, 5) is 32.0. The summed E-state index contributed by atoms with van der Waals surface area (Å²) in [5.41, 5.74) is 2.60. The minimum Gasteiger partial charge on any atom is -0.326 e. The summed E-state index contributed by atoms with van der Waals surface area (Å²) >= 11 is 1.24. The normalized spacial score (nSPS) is 14.6. The molecule has 0 bridgehead atoms. The largest absolute Gasteiger partial charge is 0.326 e. The molecule has 1 aromatic heterocycles. The molecule has 1 fully saturated rings. The van der Waals surface area contributed by atoms with Gasteiger partial charge in [-0.1, -0.05) is 41.7 Å². The van der Waals surface area contributed by atoms with E-state index in [1.165, 1.54) is 23.0 Å². The minimum atomic E-state index is -1.09. The first-order valence-corrected chi connectivity index (χ1v) is 12.5. The highest BCUT2D eigenvalue weighted by Gasteiger charge is 2.25. The van der Waals surface area contributed by atoms with Gasteiger partial charge < -0.3 is 5.32 Å². The van der Waals surface area contributed by atoms with E-state index in [1.54, 1.807) is 12.1 Å². The van der Waals surface area contributed by atoms with Crippen LogP contribution in [0.15, 0.2) is 66.7 Å². The smallest absolute Gasteiger partial charge is 0.257 e. The Balaban J connectivity index is 1.18. The number of aromatic nitrogens is 1. The fraction of sp³-hybridized carbons (Fsp3) is 0.222. The molecule has 5 rings (SSSR count). The van der Waals surface area contributed by atoms with Crippen LogP contribution in [0.5, 0.6) is 0 Å². The van der Waals surface area contributed by atoms with Crippen molar-refractivity contribution >= 4 is 44.2 Å². The topological polar surface area (TPSA) is 74.3 Å². The Morgan fingerprint density at radius 1 is 0.944 bits per heavy atom. The fourth-order valence-electron chi connectivity index (χ4n) is 4.30. The second kappa shape index (κ2) is 10.5. The van der Waals surface area contributed by atoms with Crippen LogP contribution in [0.25, 0.3) is 10.2 Å². The van der Waals surface area contributed by atoms with Crippen molar-refractivity contribution in [2.45, 2.75) is 19.4 Å². The number of nitrogens with zero attached hydrogens (tertiary/aromatic N) is 2. The van der Waals surface area contributed by atoms with Gasteiger partial charge in [0.25, 0.3) is 5.91 Å². The zero-order valence-corrected chi connectivity index (χ0v) is 20.2. The number of thiazole rings is 1. The molecule has 184 valence electrons. The summed E-state index contributed by atoms with van der Waals surface area (Å²) in [7, 11) is 0. The lowest BCUT2D eigenvalue weighted by Gasteiger charge is -2.31. The van der Waals surface area contributed by atoms with Crippen molar-refractivity contribution < 1.29 is 18.4 Å². The highest BCUT2D eigenvalue weighted by atomic mass is 32.1. The lowest BCUT2D eigenvalue weighted by atomic mass is 9.95. The Morgan fingerprint density at radius 3 is 2.47 bits per heavy atom. The van der Waals surface area contributed by atoms with Gasteiger partial charge in [-0.3, -0.25) is 19.8 Å². The molecule has 2 heterocycles. The molecule has 0 atom stereocenters. The van der Waals surface area contributed by atoms with Gasteiger partial charge in [0.15, 0.2) is 16.8 Å². The fourth-order valence-corrected chi connectivity index (χ4v) is 5.20. The average Bonchev–Trinajstić information content (AvgIpc) is 3.28.